The van der Waals surface area contributed by atoms with E-state index in [1.54, 1.807) is 17.1 Å². The minimum absolute atomic E-state index is 0.0345. The fourth-order valence-electron chi connectivity index (χ4n) is 3.48. The molecule has 2 aliphatic rings. The molecule has 1 aromatic rings. The monoisotopic (exact) mass is 333 g/mol. The van der Waals surface area contributed by atoms with Gasteiger partial charge in [0.1, 0.15) is 0 Å². The molecule has 0 saturated carbocycles. The average Bonchev–Trinajstić information content (AvgIpc) is 2.90. The molecular weight excluding hydrogens is 306 g/mol. The van der Waals surface area contributed by atoms with Gasteiger partial charge in [-0.15, -0.1) is 0 Å². The van der Waals surface area contributed by atoms with Gasteiger partial charge in [0.2, 0.25) is 5.91 Å². The molecule has 0 atom stereocenters. The van der Waals surface area contributed by atoms with Crippen molar-refractivity contribution in [2.75, 3.05) is 45.8 Å². The van der Waals surface area contributed by atoms with Gasteiger partial charge in [-0.1, -0.05) is 0 Å². The normalized spacial score (nSPS) is 20.0. The first-order chi connectivity index (χ1) is 11.6. The van der Waals surface area contributed by atoms with Gasteiger partial charge in [0, 0.05) is 52.5 Å². The van der Waals surface area contributed by atoms with Crippen molar-refractivity contribution < 1.29 is 9.59 Å². The number of carbonyl (C=O) groups is 2. The van der Waals surface area contributed by atoms with E-state index in [0.29, 0.717) is 18.7 Å². The van der Waals surface area contributed by atoms with Gasteiger partial charge in [-0.3, -0.25) is 19.2 Å². The maximum absolute atomic E-state index is 12.5. The van der Waals surface area contributed by atoms with Crippen LogP contribution in [0, 0.1) is 0 Å². The van der Waals surface area contributed by atoms with Crippen LogP contribution in [0.5, 0.6) is 0 Å². The molecule has 0 bridgehead atoms. The molecule has 2 fully saturated rings. The van der Waals surface area contributed by atoms with E-state index in [0.717, 1.165) is 52.0 Å². The van der Waals surface area contributed by atoms with Crippen molar-refractivity contribution in [3.8, 4) is 0 Å². The Morgan fingerprint density at radius 2 is 1.71 bits per heavy atom. The molecule has 7 nitrogen and oxygen atoms in total. The van der Waals surface area contributed by atoms with Crippen molar-refractivity contribution in [3.63, 3.8) is 0 Å². The second-order valence-corrected chi connectivity index (χ2v) is 6.77. The molecule has 132 valence electrons. The van der Waals surface area contributed by atoms with Crippen LogP contribution in [0.3, 0.4) is 0 Å². The van der Waals surface area contributed by atoms with E-state index in [1.165, 1.54) is 6.42 Å². The van der Waals surface area contributed by atoms with Crippen LogP contribution in [-0.2, 0) is 11.8 Å². The molecule has 2 aliphatic heterocycles. The van der Waals surface area contributed by atoms with E-state index in [1.807, 2.05) is 16.8 Å². The van der Waals surface area contributed by atoms with Gasteiger partial charge >= 0.3 is 0 Å². The SMILES string of the molecule is Cn1cc(C(=O)N2CCCN(CC(=O)N3CCCCC3)CC2)cn1. The van der Waals surface area contributed by atoms with Crippen LogP contribution in [0.25, 0.3) is 0 Å². The first-order valence-electron chi connectivity index (χ1n) is 8.91. The summed E-state index contributed by atoms with van der Waals surface area (Å²) in [6, 6.07) is 0. The summed E-state index contributed by atoms with van der Waals surface area (Å²) in [6.45, 7) is 5.32. The van der Waals surface area contributed by atoms with Gasteiger partial charge in [0.15, 0.2) is 0 Å². The van der Waals surface area contributed by atoms with Crippen LogP contribution in [0.4, 0.5) is 0 Å². The Balaban J connectivity index is 1.51. The first-order valence-corrected chi connectivity index (χ1v) is 8.91. The van der Waals surface area contributed by atoms with Gasteiger partial charge in [0.25, 0.3) is 5.91 Å². The van der Waals surface area contributed by atoms with Gasteiger partial charge in [-0.2, -0.15) is 5.10 Å². The lowest BCUT2D eigenvalue weighted by atomic mass is 10.1. The Labute approximate surface area is 143 Å². The summed E-state index contributed by atoms with van der Waals surface area (Å²) >= 11 is 0. The lowest BCUT2D eigenvalue weighted by Crippen LogP contribution is -2.44. The highest BCUT2D eigenvalue weighted by molar-refractivity contribution is 5.93. The molecule has 0 spiro atoms. The van der Waals surface area contributed by atoms with Crippen LogP contribution >= 0.6 is 0 Å². The topological polar surface area (TPSA) is 61.7 Å². The van der Waals surface area contributed by atoms with Crippen molar-refractivity contribution in [2.45, 2.75) is 25.7 Å². The third kappa shape index (κ3) is 4.14. The Bertz CT molecular complexity index is 579. The number of aryl methyl sites for hydroxylation is 1. The molecule has 2 amide bonds. The minimum Gasteiger partial charge on any atom is -0.342 e. The predicted molar refractivity (Wildman–Crippen MR) is 90.6 cm³/mol. The second kappa shape index (κ2) is 7.79. The van der Waals surface area contributed by atoms with Gasteiger partial charge in [-0.25, -0.2) is 0 Å². The molecule has 0 aliphatic carbocycles. The summed E-state index contributed by atoms with van der Waals surface area (Å²) < 4.78 is 1.65. The molecule has 3 rings (SSSR count). The van der Waals surface area contributed by atoms with Crippen LogP contribution in [0.1, 0.15) is 36.0 Å². The number of amides is 2. The first kappa shape index (κ1) is 17.0. The zero-order valence-electron chi connectivity index (χ0n) is 14.5. The third-order valence-corrected chi connectivity index (χ3v) is 4.90. The number of piperidine rings is 1. The van der Waals surface area contributed by atoms with Crippen LogP contribution in [-0.4, -0.2) is 82.1 Å². The highest BCUT2D eigenvalue weighted by Crippen LogP contribution is 2.11. The Hall–Kier alpha value is -1.89. The zero-order chi connectivity index (χ0) is 16.9. The van der Waals surface area contributed by atoms with E-state index in [9.17, 15) is 9.59 Å². The average molecular weight is 333 g/mol. The quantitative estimate of drug-likeness (QED) is 0.812. The van der Waals surface area contributed by atoms with Crippen molar-refractivity contribution in [3.05, 3.63) is 18.0 Å². The standard InChI is InChI=1S/C17H27N5O2/c1-19-13-15(12-18-19)17(24)22-9-5-6-20(10-11-22)14-16(23)21-7-3-2-4-8-21/h12-13H,2-11,14H2,1H3. The lowest BCUT2D eigenvalue weighted by molar-refractivity contribution is -0.133. The van der Waals surface area contributed by atoms with E-state index in [2.05, 4.69) is 10.00 Å². The fourth-order valence-corrected chi connectivity index (χ4v) is 3.48. The van der Waals surface area contributed by atoms with E-state index in [4.69, 9.17) is 0 Å². The number of carbonyl (C=O) groups excluding carboxylic acids is 2. The number of hydrogen-bond acceptors (Lipinski definition) is 4. The molecule has 7 heteroatoms. The van der Waals surface area contributed by atoms with Crippen LogP contribution in [0.2, 0.25) is 0 Å². The Morgan fingerprint density at radius 3 is 2.42 bits per heavy atom. The predicted octanol–water partition coefficient (Wildman–Crippen LogP) is 0.581. The van der Waals surface area contributed by atoms with Crippen molar-refractivity contribution in [2.24, 2.45) is 7.05 Å². The van der Waals surface area contributed by atoms with E-state index >= 15 is 0 Å². The minimum atomic E-state index is 0.0345. The highest BCUT2D eigenvalue weighted by Gasteiger charge is 2.24. The largest absolute Gasteiger partial charge is 0.342 e. The van der Waals surface area contributed by atoms with Crippen LogP contribution < -0.4 is 0 Å². The number of likely N-dealkylation sites (tertiary alicyclic amines) is 1. The molecule has 0 radical (unpaired) electrons. The maximum atomic E-state index is 12.5. The summed E-state index contributed by atoms with van der Waals surface area (Å²) in [7, 11) is 1.81. The summed E-state index contributed by atoms with van der Waals surface area (Å²) in [5.41, 5.74) is 0.635. The number of hydrogen-bond donors (Lipinski definition) is 0. The van der Waals surface area contributed by atoms with E-state index < -0.39 is 0 Å². The smallest absolute Gasteiger partial charge is 0.257 e. The molecule has 1 aromatic heterocycles. The summed E-state index contributed by atoms with van der Waals surface area (Å²) in [6.07, 6.45) is 7.76. The van der Waals surface area contributed by atoms with Crippen molar-refractivity contribution >= 4 is 11.8 Å². The second-order valence-electron chi connectivity index (χ2n) is 6.77. The van der Waals surface area contributed by atoms with Crippen molar-refractivity contribution in [1.82, 2.24) is 24.5 Å². The number of nitrogens with zero attached hydrogens (tertiary/aromatic N) is 5. The Kier molecular flexibility index (Phi) is 5.50. The summed E-state index contributed by atoms with van der Waals surface area (Å²) in [5.74, 6) is 0.272. The third-order valence-electron chi connectivity index (χ3n) is 4.90. The molecule has 0 aromatic carbocycles. The molecule has 0 unspecified atom stereocenters. The summed E-state index contributed by atoms with van der Waals surface area (Å²) in [5, 5.41) is 4.07. The zero-order valence-corrected chi connectivity index (χ0v) is 14.5. The molecule has 24 heavy (non-hydrogen) atoms. The lowest BCUT2D eigenvalue weighted by Gasteiger charge is -2.29. The maximum Gasteiger partial charge on any atom is 0.257 e. The molecule has 2 saturated heterocycles. The van der Waals surface area contributed by atoms with Gasteiger partial charge < -0.3 is 9.80 Å². The van der Waals surface area contributed by atoms with E-state index in [-0.39, 0.29) is 11.8 Å². The fraction of sp³-hybridized carbons (Fsp3) is 0.706. The molecular formula is C17H27N5O2. The highest BCUT2D eigenvalue weighted by atomic mass is 16.2. The molecule has 3 heterocycles. The van der Waals surface area contributed by atoms with Crippen LogP contribution in [0.15, 0.2) is 12.4 Å². The summed E-state index contributed by atoms with van der Waals surface area (Å²) in [4.78, 5) is 31.0. The van der Waals surface area contributed by atoms with Gasteiger partial charge in [-0.05, 0) is 25.7 Å². The van der Waals surface area contributed by atoms with Gasteiger partial charge in [0.05, 0.1) is 18.3 Å². The molecule has 0 N–H and O–H groups in total. The number of rotatable bonds is 3. The Morgan fingerprint density at radius 1 is 0.958 bits per heavy atom. The van der Waals surface area contributed by atoms with Crippen molar-refractivity contribution in [1.29, 1.82) is 0 Å². The number of aromatic nitrogens is 2.